The lowest BCUT2D eigenvalue weighted by Gasteiger charge is -2.28. The fraction of sp³-hybridized carbons (Fsp3) is 0.333. The van der Waals surface area contributed by atoms with Crippen molar-refractivity contribution >= 4 is 21.7 Å². The third kappa shape index (κ3) is 5.19. The predicted molar refractivity (Wildman–Crippen MR) is 126 cm³/mol. The largest absolute Gasteiger partial charge is 0.475 e. The van der Waals surface area contributed by atoms with E-state index in [1.165, 1.54) is 0 Å². The molecule has 0 spiro atoms. The molecule has 2 N–H and O–H groups in total. The van der Waals surface area contributed by atoms with Crippen molar-refractivity contribution in [2.75, 3.05) is 16.6 Å². The summed E-state index contributed by atoms with van der Waals surface area (Å²) >= 11 is 0. The van der Waals surface area contributed by atoms with Crippen LogP contribution in [0.2, 0.25) is 0 Å². The molecule has 8 heteroatoms. The summed E-state index contributed by atoms with van der Waals surface area (Å²) in [6.45, 7) is 8.84. The van der Waals surface area contributed by atoms with Gasteiger partial charge in [-0.3, -0.25) is 0 Å². The van der Waals surface area contributed by atoms with Crippen LogP contribution in [0.3, 0.4) is 0 Å². The minimum atomic E-state index is -3.88. The molecule has 0 radical (unpaired) electrons. The van der Waals surface area contributed by atoms with Gasteiger partial charge in [0.15, 0.2) is 0 Å². The summed E-state index contributed by atoms with van der Waals surface area (Å²) in [6, 6.07) is 16.2. The summed E-state index contributed by atoms with van der Waals surface area (Å²) in [7, 11) is -3.88. The van der Waals surface area contributed by atoms with E-state index < -0.39 is 10.0 Å². The van der Waals surface area contributed by atoms with Gasteiger partial charge in [-0.25, -0.2) is 18.1 Å². The lowest BCUT2D eigenvalue weighted by atomic mass is 9.88. The van der Waals surface area contributed by atoms with E-state index in [2.05, 4.69) is 40.8 Å². The van der Waals surface area contributed by atoms with E-state index in [4.69, 9.17) is 4.74 Å². The van der Waals surface area contributed by atoms with Crippen molar-refractivity contribution in [1.82, 2.24) is 9.97 Å². The van der Waals surface area contributed by atoms with Crippen LogP contribution in [0.5, 0.6) is 5.88 Å². The second kappa shape index (κ2) is 8.43. The summed E-state index contributed by atoms with van der Waals surface area (Å²) in [5.74, 6) is 0.299. The van der Waals surface area contributed by atoms with Crippen LogP contribution in [0.4, 0.5) is 11.6 Å². The van der Waals surface area contributed by atoms with Gasteiger partial charge in [0.25, 0.3) is 10.0 Å². The summed E-state index contributed by atoms with van der Waals surface area (Å²) < 4.78 is 34.7. The Hall–Kier alpha value is -3.13. The number of ether oxygens (including phenoxy) is 1. The molecular weight excluding hydrogens is 424 g/mol. The Balaban J connectivity index is 1.82. The molecule has 0 saturated carbocycles. The Kier molecular flexibility index (Phi) is 5.81. The van der Waals surface area contributed by atoms with Gasteiger partial charge < -0.3 is 10.1 Å². The van der Waals surface area contributed by atoms with Crippen molar-refractivity contribution in [3.05, 3.63) is 60.2 Å². The van der Waals surface area contributed by atoms with Gasteiger partial charge in [0.1, 0.15) is 6.61 Å². The van der Waals surface area contributed by atoms with Gasteiger partial charge in [-0.05, 0) is 42.5 Å². The Morgan fingerprint density at radius 3 is 2.59 bits per heavy atom. The van der Waals surface area contributed by atoms with E-state index in [0.29, 0.717) is 18.2 Å². The molecule has 1 aliphatic heterocycles. The van der Waals surface area contributed by atoms with Crippen molar-refractivity contribution in [2.45, 2.75) is 45.1 Å². The number of anilines is 2. The number of nitrogens with one attached hydrogen (secondary N) is 2. The maximum absolute atomic E-state index is 13.1. The Labute approximate surface area is 189 Å². The molecule has 1 aromatic heterocycles. The van der Waals surface area contributed by atoms with Crippen LogP contribution in [0.15, 0.2) is 59.5 Å². The maximum atomic E-state index is 13.1. The van der Waals surface area contributed by atoms with Crippen LogP contribution in [0.1, 0.15) is 32.8 Å². The molecule has 7 nitrogen and oxygen atoms in total. The number of benzene rings is 2. The Morgan fingerprint density at radius 1 is 1.06 bits per heavy atom. The zero-order valence-electron chi connectivity index (χ0n) is 18.7. The average molecular weight is 453 g/mol. The highest BCUT2D eigenvalue weighted by molar-refractivity contribution is 7.92. The molecule has 0 unspecified atom stereocenters. The smallest absolute Gasteiger partial charge is 0.264 e. The van der Waals surface area contributed by atoms with Crippen LogP contribution >= 0.6 is 0 Å². The number of hydrogen-bond donors (Lipinski definition) is 2. The number of rotatable bonds is 2. The lowest BCUT2D eigenvalue weighted by molar-refractivity contribution is 0.244. The summed E-state index contributed by atoms with van der Waals surface area (Å²) in [4.78, 5) is 8.96. The van der Waals surface area contributed by atoms with Crippen LogP contribution in [-0.2, 0) is 10.0 Å². The number of aromatic nitrogens is 2. The molecule has 32 heavy (non-hydrogen) atoms. The van der Waals surface area contributed by atoms with Gasteiger partial charge >= 0.3 is 0 Å². The lowest BCUT2D eigenvalue weighted by Crippen LogP contribution is -2.32. The first-order valence-electron chi connectivity index (χ1n) is 10.6. The van der Waals surface area contributed by atoms with Crippen molar-refractivity contribution in [3.8, 4) is 17.1 Å². The first-order chi connectivity index (χ1) is 15.1. The highest BCUT2D eigenvalue weighted by atomic mass is 32.2. The first-order valence-corrected chi connectivity index (χ1v) is 12.0. The number of fused-ring (bicyclic) bond motifs is 4. The van der Waals surface area contributed by atoms with Crippen LogP contribution in [-0.4, -0.2) is 31.0 Å². The Morgan fingerprint density at radius 2 is 1.84 bits per heavy atom. The molecule has 2 aromatic carbocycles. The molecule has 168 valence electrons. The molecular formula is C24H28N4O3S. The number of aryl methyl sites for hydroxylation is 1. The topological polar surface area (TPSA) is 93.2 Å². The summed E-state index contributed by atoms with van der Waals surface area (Å²) in [5, 5.41) is 3.43. The van der Waals surface area contributed by atoms with Gasteiger partial charge in [-0.15, -0.1) is 0 Å². The van der Waals surface area contributed by atoms with Crippen LogP contribution in [0.25, 0.3) is 11.3 Å². The molecule has 3 aromatic rings. The van der Waals surface area contributed by atoms with Crippen molar-refractivity contribution in [2.24, 2.45) is 5.41 Å². The predicted octanol–water partition coefficient (Wildman–Crippen LogP) is 4.86. The van der Waals surface area contributed by atoms with E-state index in [-0.39, 0.29) is 22.3 Å². The Bertz CT molecular complexity index is 1240. The van der Waals surface area contributed by atoms with Crippen molar-refractivity contribution in [3.63, 3.8) is 0 Å². The van der Waals surface area contributed by atoms with E-state index in [1.807, 2.05) is 37.3 Å². The van der Waals surface area contributed by atoms with Gasteiger partial charge in [0, 0.05) is 17.3 Å². The number of sulfonamides is 1. The van der Waals surface area contributed by atoms with Crippen molar-refractivity contribution in [1.29, 1.82) is 0 Å². The SMILES string of the molecule is Cc1ccccc1-c1cc2nc(n1)NS(=O)(=O)c1cccc(c1)N[C@H](CC(C)(C)C)CO2. The minimum absolute atomic E-state index is 0.0212. The standard InChI is InChI=1S/C24H28N4O3S/c1-16-8-5-6-11-20(16)21-13-22-27-23(26-21)28-32(29,30)19-10-7-9-17(12-19)25-18(15-31-22)14-24(2,3)4/h5-13,18,25H,14-15H2,1-4H3,(H,26,27,28)/t18-/m1/s1. The quantitative estimate of drug-likeness (QED) is 0.577. The molecule has 4 bridgehead atoms. The minimum Gasteiger partial charge on any atom is -0.475 e. The van der Waals surface area contributed by atoms with Crippen LogP contribution in [0, 0.1) is 12.3 Å². The zero-order chi connectivity index (χ0) is 22.9. The summed E-state index contributed by atoms with van der Waals surface area (Å²) in [6.07, 6.45) is 0.824. The number of nitrogens with zero attached hydrogens (tertiary/aromatic N) is 2. The molecule has 1 atom stereocenters. The average Bonchev–Trinajstić information content (AvgIpc) is 2.70. The van der Waals surface area contributed by atoms with Gasteiger partial charge in [-0.1, -0.05) is 51.1 Å². The summed E-state index contributed by atoms with van der Waals surface area (Å²) in [5.41, 5.74) is 3.27. The molecule has 2 heterocycles. The van der Waals surface area contributed by atoms with Gasteiger partial charge in [-0.2, -0.15) is 4.98 Å². The molecule has 0 saturated heterocycles. The fourth-order valence-electron chi connectivity index (χ4n) is 3.79. The van der Waals surface area contributed by atoms with Crippen molar-refractivity contribution < 1.29 is 13.2 Å². The first kappa shape index (κ1) is 22.1. The monoisotopic (exact) mass is 452 g/mol. The second-order valence-corrected chi connectivity index (χ2v) is 11.0. The third-order valence-corrected chi connectivity index (χ3v) is 6.48. The normalized spacial score (nSPS) is 17.7. The van der Waals surface area contributed by atoms with Gasteiger partial charge in [0.05, 0.1) is 16.6 Å². The second-order valence-electron chi connectivity index (χ2n) is 9.28. The molecule has 1 aliphatic rings. The highest BCUT2D eigenvalue weighted by Gasteiger charge is 2.23. The highest BCUT2D eigenvalue weighted by Crippen LogP contribution is 2.29. The zero-order valence-corrected chi connectivity index (χ0v) is 19.5. The fourth-order valence-corrected chi connectivity index (χ4v) is 4.78. The molecule has 0 amide bonds. The van der Waals surface area contributed by atoms with E-state index in [0.717, 1.165) is 23.2 Å². The van der Waals surface area contributed by atoms with Crippen LogP contribution < -0.4 is 14.8 Å². The third-order valence-electron chi connectivity index (χ3n) is 5.16. The van der Waals surface area contributed by atoms with E-state index >= 15 is 0 Å². The molecule has 4 rings (SSSR count). The van der Waals surface area contributed by atoms with E-state index in [1.54, 1.807) is 24.3 Å². The molecule has 0 aliphatic carbocycles. The van der Waals surface area contributed by atoms with Gasteiger partial charge in [0.2, 0.25) is 11.8 Å². The number of hydrogen-bond acceptors (Lipinski definition) is 6. The van der Waals surface area contributed by atoms with E-state index in [9.17, 15) is 8.42 Å². The molecule has 0 fully saturated rings. The maximum Gasteiger partial charge on any atom is 0.264 e.